The van der Waals surface area contributed by atoms with Crippen molar-refractivity contribution in [2.24, 2.45) is 11.8 Å². The molecule has 3 aliphatic rings. The summed E-state index contributed by atoms with van der Waals surface area (Å²) in [7, 11) is 0. The maximum Gasteiger partial charge on any atom is 0.313 e. The standard InChI is InChI=1S/C29H37ClN2O6/c1-5-15-31(23-19(3)11-10-12-20(23)30)26(35)24-29-14-13-28(4,38-29)22(27(36)37-18-6-2)21(29)25(34)32(24)16-8-7-9-17-33/h5-6,10-12,21-22,24,33H,1-2,7-9,13-18H2,3-4H3/t21-,22+,24?,28-,29?/m0/s1. The van der Waals surface area contributed by atoms with Crippen molar-refractivity contribution in [3.63, 3.8) is 0 Å². The fourth-order valence-corrected chi connectivity index (χ4v) is 6.96. The molecule has 3 saturated heterocycles. The molecule has 1 spiro atoms. The van der Waals surface area contributed by atoms with Crippen LogP contribution in [0, 0.1) is 18.8 Å². The van der Waals surface area contributed by atoms with Gasteiger partial charge in [0, 0.05) is 19.7 Å². The van der Waals surface area contributed by atoms with E-state index in [1.165, 1.54) is 6.08 Å². The quantitative estimate of drug-likeness (QED) is 0.244. The van der Waals surface area contributed by atoms with Crippen LogP contribution in [-0.2, 0) is 23.9 Å². The Morgan fingerprint density at radius 1 is 1.26 bits per heavy atom. The van der Waals surface area contributed by atoms with Crippen molar-refractivity contribution in [2.75, 3.05) is 31.2 Å². The maximum absolute atomic E-state index is 14.5. The first-order valence-electron chi connectivity index (χ1n) is 13.2. The highest BCUT2D eigenvalue weighted by Crippen LogP contribution is 2.63. The molecule has 3 fully saturated rings. The number of fused-ring (bicyclic) bond motifs is 1. The molecule has 1 N–H and O–H groups in total. The summed E-state index contributed by atoms with van der Waals surface area (Å²) in [5.74, 6) is -2.75. The smallest absolute Gasteiger partial charge is 0.313 e. The molecule has 9 heteroatoms. The summed E-state index contributed by atoms with van der Waals surface area (Å²) in [4.78, 5) is 45.0. The van der Waals surface area contributed by atoms with Crippen molar-refractivity contribution < 1.29 is 29.0 Å². The van der Waals surface area contributed by atoms with Crippen LogP contribution in [-0.4, -0.2) is 71.3 Å². The number of halogens is 1. The van der Waals surface area contributed by atoms with Crippen LogP contribution in [0.15, 0.2) is 43.5 Å². The molecular formula is C29H37ClN2O6. The van der Waals surface area contributed by atoms with Gasteiger partial charge in [-0.2, -0.15) is 0 Å². The van der Waals surface area contributed by atoms with Gasteiger partial charge in [-0.3, -0.25) is 14.4 Å². The van der Waals surface area contributed by atoms with Crippen LogP contribution in [0.25, 0.3) is 0 Å². The number of para-hydroxylation sites is 1. The molecule has 3 heterocycles. The first kappa shape index (κ1) is 28.3. The molecule has 4 rings (SSSR count). The number of hydrogen-bond donors (Lipinski definition) is 1. The van der Waals surface area contributed by atoms with E-state index in [0.717, 1.165) is 5.56 Å². The highest BCUT2D eigenvalue weighted by molar-refractivity contribution is 6.34. The van der Waals surface area contributed by atoms with Crippen molar-refractivity contribution in [1.29, 1.82) is 0 Å². The number of nitrogens with zero attached hydrogens (tertiary/aromatic N) is 2. The Hall–Kier alpha value is -2.68. The number of amides is 2. The van der Waals surface area contributed by atoms with Crippen LogP contribution in [0.2, 0.25) is 5.02 Å². The van der Waals surface area contributed by atoms with Gasteiger partial charge in [0.15, 0.2) is 0 Å². The van der Waals surface area contributed by atoms with Crippen LogP contribution < -0.4 is 4.90 Å². The molecular weight excluding hydrogens is 508 g/mol. The second-order valence-electron chi connectivity index (χ2n) is 10.6. The van der Waals surface area contributed by atoms with Gasteiger partial charge in [0.25, 0.3) is 5.91 Å². The van der Waals surface area contributed by atoms with E-state index in [0.29, 0.717) is 49.4 Å². The summed E-state index contributed by atoms with van der Waals surface area (Å²) in [6.45, 7) is 11.8. The number of esters is 1. The van der Waals surface area contributed by atoms with Gasteiger partial charge in [-0.05, 0) is 57.6 Å². The van der Waals surface area contributed by atoms with Crippen LogP contribution in [0.3, 0.4) is 0 Å². The summed E-state index contributed by atoms with van der Waals surface area (Å²) in [5.41, 5.74) is -0.696. The molecule has 38 heavy (non-hydrogen) atoms. The van der Waals surface area contributed by atoms with Gasteiger partial charge >= 0.3 is 5.97 Å². The van der Waals surface area contributed by atoms with Crippen molar-refractivity contribution in [1.82, 2.24) is 4.90 Å². The predicted molar refractivity (Wildman–Crippen MR) is 145 cm³/mol. The van der Waals surface area contributed by atoms with E-state index < -0.39 is 35.0 Å². The minimum Gasteiger partial charge on any atom is -0.461 e. The van der Waals surface area contributed by atoms with E-state index in [9.17, 15) is 19.5 Å². The Kier molecular flexibility index (Phi) is 8.35. The zero-order valence-corrected chi connectivity index (χ0v) is 22.9. The molecule has 2 unspecified atom stereocenters. The van der Waals surface area contributed by atoms with E-state index in [2.05, 4.69) is 13.2 Å². The van der Waals surface area contributed by atoms with Crippen LogP contribution in [0.4, 0.5) is 5.69 Å². The number of benzene rings is 1. The average Bonchev–Trinajstić information content (AvgIpc) is 3.45. The zero-order valence-electron chi connectivity index (χ0n) is 22.2. The molecule has 8 nitrogen and oxygen atoms in total. The number of likely N-dealkylation sites (tertiary alicyclic amines) is 1. The number of hydrogen-bond acceptors (Lipinski definition) is 6. The predicted octanol–water partition coefficient (Wildman–Crippen LogP) is 3.82. The number of carbonyl (C=O) groups is 3. The summed E-state index contributed by atoms with van der Waals surface area (Å²) < 4.78 is 12.1. The van der Waals surface area contributed by atoms with Gasteiger partial charge in [0.2, 0.25) is 5.91 Å². The second kappa shape index (κ2) is 11.2. The van der Waals surface area contributed by atoms with Gasteiger partial charge < -0.3 is 24.4 Å². The summed E-state index contributed by atoms with van der Waals surface area (Å²) in [5, 5.41) is 9.65. The third-order valence-corrected chi connectivity index (χ3v) is 8.51. The molecule has 206 valence electrons. The van der Waals surface area contributed by atoms with E-state index in [4.69, 9.17) is 21.1 Å². The number of aliphatic hydroxyl groups is 1. The number of anilines is 1. The molecule has 5 atom stereocenters. The Labute approximate surface area is 229 Å². The third-order valence-electron chi connectivity index (χ3n) is 8.20. The minimum atomic E-state index is -1.16. The first-order chi connectivity index (χ1) is 18.2. The average molecular weight is 545 g/mol. The van der Waals surface area contributed by atoms with E-state index in [-0.39, 0.29) is 31.6 Å². The minimum absolute atomic E-state index is 0.0332. The summed E-state index contributed by atoms with van der Waals surface area (Å²) in [6.07, 6.45) is 6.01. The molecule has 0 radical (unpaired) electrons. The Morgan fingerprint density at radius 2 is 2.03 bits per heavy atom. The number of rotatable bonds is 12. The van der Waals surface area contributed by atoms with E-state index in [1.54, 1.807) is 21.9 Å². The van der Waals surface area contributed by atoms with Gasteiger partial charge in [-0.25, -0.2) is 0 Å². The van der Waals surface area contributed by atoms with Crippen molar-refractivity contribution >= 4 is 35.1 Å². The highest BCUT2D eigenvalue weighted by atomic mass is 35.5. The Bertz CT molecular complexity index is 1100. The lowest BCUT2D eigenvalue weighted by molar-refractivity contribution is -0.158. The number of aliphatic hydroxyl groups excluding tert-OH is 1. The molecule has 2 amide bonds. The molecule has 2 bridgehead atoms. The van der Waals surface area contributed by atoms with Crippen molar-refractivity contribution in [3.05, 3.63) is 54.1 Å². The number of carbonyl (C=O) groups excluding carboxylic acids is 3. The highest BCUT2D eigenvalue weighted by Gasteiger charge is 2.78. The van der Waals surface area contributed by atoms with Crippen LogP contribution in [0.1, 0.15) is 44.6 Å². The van der Waals surface area contributed by atoms with E-state index >= 15 is 0 Å². The lowest BCUT2D eigenvalue weighted by atomic mass is 9.66. The lowest BCUT2D eigenvalue weighted by Gasteiger charge is -2.37. The van der Waals surface area contributed by atoms with Gasteiger partial charge in [-0.15, -0.1) is 6.58 Å². The molecule has 1 aromatic carbocycles. The Morgan fingerprint density at radius 3 is 2.68 bits per heavy atom. The molecule has 0 aliphatic carbocycles. The van der Waals surface area contributed by atoms with Crippen molar-refractivity contribution in [2.45, 2.75) is 63.2 Å². The normalized spacial score (nSPS) is 29.3. The maximum atomic E-state index is 14.5. The van der Waals surface area contributed by atoms with E-state index in [1.807, 2.05) is 26.0 Å². The van der Waals surface area contributed by atoms with Crippen LogP contribution >= 0.6 is 11.6 Å². The summed E-state index contributed by atoms with van der Waals surface area (Å²) in [6, 6.07) is 4.48. The van der Waals surface area contributed by atoms with Crippen LogP contribution in [0.5, 0.6) is 0 Å². The first-order valence-corrected chi connectivity index (χ1v) is 13.6. The van der Waals surface area contributed by atoms with Crippen molar-refractivity contribution in [3.8, 4) is 0 Å². The monoisotopic (exact) mass is 544 g/mol. The summed E-state index contributed by atoms with van der Waals surface area (Å²) >= 11 is 6.58. The number of unbranched alkanes of at least 4 members (excludes halogenated alkanes) is 2. The second-order valence-corrected chi connectivity index (χ2v) is 11.0. The lowest BCUT2D eigenvalue weighted by Crippen LogP contribution is -2.56. The number of ether oxygens (including phenoxy) is 2. The topological polar surface area (TPSA) is 96.4 Å². The molecule has 0 saturated carbocycles. The largest absolute Gasteiger partial charge is 0.461 e. The molecule has 1 aromatic rings. The number of aryl methyl sites for hydroxylation is 1. The molecule has 0 aromatic heterocycles. The van der Waals surface area contributed by atoms with Gasteiger partial charge in [0.1, 0.15) is 24.2 Å². The fraction of sp³-hybridized carbons (Fsp3) is 0.552. The zero-order chi connectivity index (χ0) is 27.7. The fourth-order valence-electron chi connectivity index (χ4n) is 6.64. The third kappa shape index (κ3) is 4.56. The molecule has 3 aliphatic heterocycles. The van der Waals surface area contributed by atoms with Gasteiger partial charge in [-0.1, -0.05) is 42.5 Å². The van der Waals surface area contributed by atoms with Gasteiger partial charge in [0.05, 0.1) is 22.2 Å². The SMILES string of the molecule is C=CCOC(=O)[C@H]1[C@H]2C(=O)N(CCCCCO)C(C(=O)N(CC=C)c3c(C)cccc3Cl)C23CC[C@]1(C)O3. The Balaban J connectivity index is 1.78.